The van der Waals surface area contributed by atoms with E-state index >= 15 is 0 Å². The molecule has 0 fully saturated rings. The van der Waals surface area contributed by atoms with Gasteiger partial charge in [0.05, 0.1) is 5.71 Å². The summed E-state index contributed by atoms with van der Waals surface area (Å²) in [4.78, 5) is 11.9. The van der Waals surface area contributed by atoms with Gasteiger partial charge in [0.25, 0.3) is 5.91 Å². The second-order valence-electron chi connectivity index (χ2n) is 4.55. The number of hydrogen-bond acceptors (Lipinski definition) is 3. The molecule has 2 N–H and O–H groups in total. The van der Waals surface area contributed by atoms with Crippen LogP contribution in [-0.4, -0.2) is 16.7 Å². The van der Waals surface area contributed by atoms with E-state index in [0.717, 1.165) is 11.1 Å². The number of benzene rings is 2. The lowest BCUT2D eigenvalue weighted by atomic mass is 10.1. The zero-order valence-electron chi connectivity index (χ0n) is 11.4. The number of carbonyl (C=O) groups is 1. The van der Waals surface area contributed by atoms with Gasteiger partial charge in [-0.05, 0) is 55.8 Å². The van der Waals surface area contributed by atoms with Crippen LogP contribution in [0, 0.1) is 6.92 Å². The third kappa shape index (κ3) is 3.45. The Morgan fingerprint density at radius 3 is 2.15 bits per heavy atom. The van der Waals surface area contributed by atoms with Crippen LogP contribution >= 0.6 is 0 Å². The number of carbonyl (C=O) groups excluding carboxylic acids is 1. The molecule has 2 aromatic carbocycles. The van der Waals surface area contributed by atoms with Gasteiger partial charge in [-0.15, -0.1) is 0 Å². The van der Waals surface area contributed by atoms with Gasteiger partial charge in [0, 0.05) is 5.56 Å². The molecule has 2 rings (SSSR count). The number of phenolic OH excluding ortho intramolecular Hbond substituents is 1. The fourth-order valence-electron chi connectivity index (χ4n) is 1.67. The van der Waals surface area contributed by atoms with Gasteiger partial charge in [-0.2, -0.15) is 5.10 Å². The molecule has 0 aromatic heterocycles. The Bertz CT molecular complexity index is 629. The van der Waals surface area contributed by atoms with E-state index in [1.54, 1.807) is 43.3 Å². The van der Waals surface area contributed by atoms with Crippen molar-refractivity contribution in [1.82, 2.24) is 5.43 Å². The molecule has 102 valence electrons. The average molecular weight is 268 g/mol. The number of aryl methyl sites for hydroxylation is 1. The first kappa shape index (κ1) is 13.8. The first-order valence-corrected chi connectivity index (χ1v) is 6.27. The van der Waals surface area contributed by atoms with E-state index in [1.807, 2.05) is 19.1 Å². The third-order valence-electron chi connectivity index (χ3n) is 2.92. The molecule has 0 radical (unpaired) electrons. The number of phenols is 1. The van der Waals surface area contributed by atoms with Crippen molar-refractivity contribution in [3.63, 3.8) is 0 Å². The maximum Gasteiger partial charge on any atom is 0.271 e. The van der Waals surface area contributed by atoms with Crippen molar-refractivity contribution < 1.29 is 9.90 Å². The van der Waals surface area contributed by atoms with Crippen LogP contribution in [0.3, 0.4) is 0 Å². The molecule has 0 saturated heterocycles. The molecule has 2 aromatic rings. The molecule has 0 heterocycles. The van der Waals surface area contributed by atoms with Crippen molar-refractivity contribution in [2.75, 3.05) is 0 Å². The van der Waals surface area contributed by atoms with E-state index in [1.165, 1.54) is 0 Å². The van der Waals surface area contributed by atoms with Crippen LogP contribution in [0.25, 0.3) is 0 Å². The fraction of sp³-hybridized carbons (Fsp3) is 0.125. The Balaban J connectivity index is 2.06. The van der Waals surface area contributed by atoms with Crippen LogP contribution in [0.2, 0.25) is 0 Å². The molecule has 0 bridgehead atoms. The van der Waals surface area contributed by atoms with E-state index in [-0.39, 0.29) is 11.7 Å². The second-order valence-corrected chi connectivity index (χ2v) is 4.55. The molecular formula is C16H16N2O2. The van der Waals surface area contributed by atoms with Crippen LogP contribution in [-0.2, 0) is 0 Å². The summed E-state index contributed by atoms with van der Waals surface area (Å²) < 4.78 is 0. The van der Waals surface area contributed by atoms with Crippen LogP contribution in [0.5, 0.6) is 5.75 Å². The number of aromatic hydroxyl groups is 1. The van der Waals surface area contributed by atoms with Crippen LogP contribution in [0.15, 0.2) is 53.6 Å². The van der Waals surface area contributed by atoms with E-state index in [2.05, 4.69) is 10.5 Å². The Kier molecular flexibility index (Phi) is 4.15. The standard InChI is InChI=1S/C16H16N2O2/c1-11-3-5-14(6-4-11)16(20)18-17-12(2)13-7-9-15(19)10-8-13/h3-10,19H,1-2H3,(H,18,20)/b17-12+. The van der Waals surface area contributed by atoms with Gasteiger partial charge in [-0.1, -0.05) is 17.7 Å². The fourth-order valence-corrected chi connectivity index (χ4v) is 1.67. The predicted molar refractivity (Wildman–Crippen MR) is 79.0 cm³/mol. The summed E-state index contributed by atoms with van der Waals surface area (Å²) in [5.74, 6) is -0.0478. The van der Waals surface area contributed by atoms with Crippen molar-refractivity contribution in [2.24, 2.45) is 5.10 Å². The Hall–Kier alpha value is -2.62. The van der Waals surface area contributed by atoms with Crippen molar-refractivity contribution in [3.05, 3.63) is 65.2 Å². The van der Waals surface area contributed by atoms with Gasteiger partial charge in [0.1, 0.15) is 5.75 Å². The minimum Gasteiger partial charge on any atom is -0.508 e. The number of hydrogen-bond donors (Lipinski definition) is 2. The largest absolute Gasteiger partial charge is 0.508 e. The summed E-state index contributed by atoms with van der Waals surface area (Å²) in [5.41, 5.74) is 5.70. The number of nitrogens with zero attached hydrogens (tertiary/aromatic N) is 1. The Labute approximate surface area is 117 Å². The molecule has 0 aliphatic rings. The zero-order chi connectivity index (χ0) is 14.5. The van der Waals surface area contributed by atoms with Gasteiger partial charge in [0.15, 0.2) is 0 Å². The van der Waals surface area contributed by atoms with Gasteiger partial charge >= 0.3 is 0 Å². The van der Waals surface area contributed by atoms with Crippen molar-refractivity contribution >= 4 is 11.6 Å². The van der Waals surface area contributed by atoms with Crippen LogP contribution in [0.4, 0.5) is 0 Å². The summed E-state index contributed by atoms with van der Waals surface area (Å²) in [7, 11) is 0. The van der Waals surface area contributed by atoms with Crippen molar-refractivity contribution in [1.29, 1.82) is 0 Å². The van der Waals surface area contributed by atoms with Gasteiger partial charge in [0.2, 0.25) is 0 Å². The van der Waals surface area contributed by atoms with E-state index in [4.69, 9.17) is 0 Å². The first-order chi connectivity index (χ1) is 9.56. The smallest absolute Gasteiger partial charge is 0.271 e. The molecule has 0 saturated carbocycles. The predicted octanol–water partition coefficient (Wildman–Crippen LogP) is 2.85. The molecule has 4 nitrogen and oxygen atoms in total. The Morgan fingerprint density at radius 2 is 1.55 bits per heavy atom. The quantitative estimate of drug-likeness (QED) is 0.664. The highest BCUT2D eigenvalue weighted by Gasteiger charge is 2.04. The van der Waals surface area contributed by atoms with Gasteiger partial charge in [-0.3, -0.25) is 4.79 Å². The molecule has 0 atom stereocenters. The number of rotatable bonds is 3. The highest BCUT2D eigenvalue weighted by molar-refractivity contribution is 6.00. The summed E-state index contributed by atoms with van der Waals surface area (Å²) >= 11 is 0. The first-order valence-electron chi connectivity index (χ1n) is 6.27. The summed E-state index contributed by atoms with van der Waals surface area (Å²) in [6.45, 7) is 3.76. The summed E-state index contributed by atoms with van der Waals surface area (Å²) in [5, 5.41) is 13.3. The summed E-state index contributed by atoms with van der Waals surface area (Å²) in [6, 6.07) is 13.9. The molecule has 0 aliphatic heterocycles. The monoisotopic (exact) mass is 268 g/mol. The molecule has 0 spiro atoms. The Morgan fingerprint density at radius 1 is 1.00 bits per heavy atom. The van der Waals surface area contributed by atoms with Crippen molar-refractivity contribution in [3.8, 4) is 5.75 Å². The molecular weight excluding hydrogens is 252 g/mol. The lowest BCUT2D eigenvalue weighted by Crippen LogP contribution is -2.19. The molecule has 20 heavy (non-hydrogen) atoms. The number of hydrazone groups is 1. The zero-order valence-corrected chi connectivity index (χ0v) is 11.4. The second kappa shape index (κ2) is 6.02. The van der Waals surface area contributed by atoms with Crippen LogP contribution < -0.4 is 5.43 Å². The SMILES string of the molecule is C/C(=N\NC(=O)c1ccc(C)cc1)c1ccc(O)cc1. The summed E-state index contributed by atoms with van der Waals surface area (Å²) in [6.07, 6.45) is 0. The number of amides is 1. The lowest BCUT2D eigenvalue weighted by Gasteiger charge is -2.03. The average Bonchev–Trinajstić information content (AvgIpc) is 2.46. The van der Waals surface area contributed by atoms with Crippen molar-refractivity contribution in [2.45, 2.75) is 13.8 Å². The lowest BCUT2D eigenvalue weighted by molar-refractivity contribution is 0.0955. The molecule has 0 aliphatic carbocycles. The van der Waals surface area contributed by atoms with Crippen LogP contribution in [0.1, 0.15) is 28.4 Å². The van der Waals surface area contributed by atoms with E-state index in [9.17, 15) is 9.90 Å². The molecule has 1 amide bonds. The minimum absolute atomic E-state index is 0.199. The highest BCUT2D eigenvalue weighted by atomic mass is 16.3. The maximum atomic E-state index is 11.9. The maximum absolute atomic E-state index is 11.9. The molecule has 4 heteroatoms. The van der Waals surface area contributed by atoms with E-state index < -0.39 is 0 Å². The third-order valence-corrected chi connectivity index (χ3v) is 2.92. The minimum atomic E-state index is -0.247. The number of nitrogens with one attached hydrogen (secondary N) is 1. The van der Waals surface area contributed by atoms with E-state index in [0.29, 0.717) is 11.3 Å². The molecule has 0 unspecified atom stereocenters. The normalized spacial score (nSPS) is 11.2. The topological polar surface area (TPSA) is 61.7 Å². The van der Waals surface area contributed by atoms with Gasteiger partial charge < -0.3 is 5.11 Å². The van der Waals surface area contributed by atoms with Gasteiger partial charge in [-0.25, -0.2) is 5.43 Å². The highest BCUT2D eigenvalue weighted by Crippen LogP contribution is 2.10.